The molecule has 2 N–H and O–H groups in total. The van der Waals surface area contributed by atoms with Gasteiger partial charge in [0.1, 0.15) is 11.6 Å². The first-order valence-electron chi connectivity index (χ1n) is 4.93. The van der Waals surface area contributed by atoms with E-state index in [4.69, 9.17) is 5.73 Å². The summed E-state index contributed by atoms with van der Waals surface area (Å²) < 4.78 is 26.0. The third kappa shape index (κ3) is 2.30. The van der Waals surface area contributed by atoms with Gasteiger partial charge in [-0.05, 0) is 35.4 Å². The lowest BCUT2D eigenvalue weighted by atomic mass is 10.0. The lowest BCUT2D eigenvalue weighted by Gasteiger charge is -2.04. The summed E-state index contributed by atoms with van der Waals surface area (Å²) in [6, 6.07) is 9.71. The minimum atomic E-state index is -0.827. The van der Waals surface area contributed by atoms with Gasteiger partial charge < -0.3 is 5.73 Å². The summed E-state index contributed by atoms with van der Waals surface area (Å²) in [6.45, 7) is 0. The van der Waals surface area contributed by atoms with Gasteiger partial charge in [-0.2, -0.15) is 0 Å². The van der Waals surface area contributed by atoms with Crippen LogP contribution in [0.15, 0.2) is 42.5 Å². The van der Waals surface area contributed by atoms with Gasteiger partial charge in [-0.15, -0.1) is 0 Å². The highest BCUT2D eigenvalue weighted by Gasteiger charge is 2.09. The quantitative estimate of drug-likeness (QED) is 0.851. The number of benzene rings is 2. The van der Waals surface area contributed by atoms with E-state index in [0.29, 0.717) is 11.1 Å². The first-order chi connectivity index (χ1) is 8.08. The molecule has 0 saturated heterocycles. The smallest absolute Gasteiger partial charge is 0.251 e. The van der Waals surface area contributed by atoms with E-state index in [1.54, 1.807) is 12.1 Å². The van der Waals surface area contributed by atoms with Crippen LogP contribution < -0.4 is 5.73 Å². The number of carbonyl (C=O) groups excluding carboxylic acids is 1. The minimum Gasteiger partial charge on any atom is -0.366 e. The number of hydrogen-bond donors (Lipinski definition) is 1. The first kappa shape index (κ1) is 11.3. The maximum absolute atomic E-state index is 13.2. The molecule has 2 aromatic carbocycles. The fourth-order valence-corrected chi connectivity index (χ4v) is 1.54. The van der Waals surface area contributed by atoms with Crippen LogP contribution in [0.3, 0.4) is 0 Å². The number of halogens is 2. The third-order valence-electron chi connectivity index (χ3n) is 2.41. The van der Waals surface area contributed by atoms with Crippen molar-refractivity contribution in [1.82, 2.24) is 0 Å². The Morgan fingerprint density at radius 1 is 0.941 bits per heavy atom. The van der Waals surface area contributed by atoms with E-state index in [-0.39, 0.29) is 11.4 Å². The van der Waals surface area contributed by atoms with Crippen LogP contribution in [0.5, 0.6) is 0 Å². The van der Waals surface area contributed by atoms with Crippen LogP contribution in [-0.2, 0) is 0 Å². The van der Waals surface area contributed by atoms with Gasteiger partial charge in [0.05, 0.1) is 5.56 Å². The Morgan fingerprint density at radius 3 is 2.12 bits per heavy atom. The van der Waals surface area contributed by atoms with E-state index < -0.39 is 11.7 Å². The zero-order valence-electron chi connectivity index (χ0n) is 8.78. The molecule has 0 bridgehead atoms. The topological polar surface area (TPSA) is 43.1 Å². The number of amides is 1. The van der Waals surface area contributed by atoms with Gasteiger partial charge in [-0.1, -0.05) is 18.2 Å². The van der Waals surface area contributed by atoms with Crippen LogP contribution in [-0.4, -0.2) is 5.91 Å². The van der Waals surface area contributed by atoms with Crippen LogP contribution >= 0.6 is 0 Å². The molecular weight excluding hydrogens is 224 g/mol. The predicted octanol–water partition coefficient (Wildman–Crippen LogP) is 2.73. The van der Waals surface area contributed by atoms with Crippen LogP contribution in [0.2, 0.25) is 0 Å². The number of carbonyl (C=O) groups is 1. The SMILES string of the molecule is NC(=O)c1cc(-c2ccc(F)cc2)ccc1F. The summed E-state index contributed by atoms with van der Waals surface area (Å²) in [5.74, 6) is -1.85. The number of rotatable bonds is 2. The molecule has 2 nitrogen and oxygen atoms in total. The normalized spacial score (nSPS) is 10.2. The molecule has 86 valence electrons. The fraction of sp³-hybridized carbons (Fsp3) is 0. The van der Waals surface area contributed by atoms with Crippen LogP contribution in [0, 0.1) is 11.6 Å². The lowest BCUT2D eigenvalue weighted by Crippen LogP contribution is -2.13. The molecule has 0 aromatic heterocycles. The van der Waals surface area contributed by atoms with Crippen LogP contribution in [0.25, 0.3) is 11.1 Å². The molecule has 2 aromatic rings. The average molecular weight is 233 g/mol. The molecule has 0 saturated carbocycles. The standard InChI is InChI=1S/C13H9F2NO/c14-10-4-1-8(2-5-10)9-3-6-12(15)11(7-9)13(16)17/h1-7H,(H2,16,17). The zero-order valence-corrected chi connectivity index (χ0v) is 8.78. The average Bonchev–Trinajstić information content (AvgIpc) is 2.30. The second kappa shape index (κ2) is 4.33. The molecule has 4 heteroatoms. The van der Waals surface area contributed by atoms with E-state index in [1.165, 1.54) is 30.3 Å². The van der Waals surface area contributed by atoms with Crippen molar-refractivity contribution in [1.29, 1.82) is 0 Å². The van der Waals surface area contributed by atoms with E-state index >= 15 is 0 Å². The van der Waals surface area contributed by atoms with E-state index in [2.05, 4.69) is 0 Å². The first-order valence-corrected chi connectivity index (χ1v) is 4.93. The van der Waals surface area contributed by atoms with Crippen molar-refractivity contribution < 1.29 is 13.6 Å². The molecule has 0 unspecified atom stereocenters. The molecule has 1 amide bonds. The van der Waals surface area contributed by atoms with E-state index in [9.17, 15) is 13.6 Å². The summed E-state index contributed by atoms with van der Waals surface area (Å²) in [7, 11) is 0. The summed E-state index contributed by atoms with van der Waals surface area (Å²) >= 11 is 0. The molecular formula is C13H9F2NO. The molecule has 0 atom stereocenters. The van der Waals surface area contributed by atoms with E-state index in [1.807, 2.05) is 0 Å². The number of nitrogens with two attached hydrogens (primary N) is 1. The Balaban J connectivity index is 2.50. The minimum absolute atomic E-state index is 0.174. The van der Waals surface area contributed by atoms with Crippen molar-refractivity contribution in [2.75, 3.05) is 0 Å². The summed E-state index contributed by atoms with van der Waals surface area (Å²) in [5.41, 5.74) is 6.17. The van der Waals surface area contributed by atoms with Crippen LogP contribution in [0.4, 0.5) is 8.78 Å². The number of hydrogen-bond acceptors (Lipinski definition) is 1. The molecule has 0 aliphatic heterocycles. The maximum Gasteiger partial charge on any atom is 0.251 e. The van der Waals surface area contributed by atoms with Gasteiger partial charge in [-0.25, -0.2) is 8.78 Å². The summed E-state index contributed by atoms with van der Waals surface area (Å²) in [4.78, 5) is 11.0. The van der Waals surface area contributed by atoms with Crippen molar-refractivity contribution in [2.24, 2.45) is 5.73 Å². The molecule has 17 heavy (non-hydrogen) atoms. The van der Waals surface area contributed by atoms with Crippen molar-refractivity contribution in [3.05, 3.63) is 59.7 Å². The van der Waals surface area contributed by atoms with Crippen molar-refractivity contribution >= 4 is 5.91 Å². The largest absolute Gasteiger partial charge is 0.366 e. The summed E-state index contributed by atoms with van der Waals surface area (Å²) in [5, 5.41) is 0. The Kier molecular flexibility index (Phi) is 2.87. The fourth-order valence-electron chi connectivity index (χ4n) is 1.54. The summed E-state index contributed by atoms with van der Waals surface area (Å²) in [6.07, 6.45) is 0. The maximum atomic E-state index is 13.2. The highest BCUT2D eigenvalue weighted by atomic mass is 19.1. The second-order valence-electron chi connectivity index (χ2n) is 3.57. The zero-order chi connectivity index (χ0) is 12.4. The highest BCUT2D eigenvalue weighted by Crippen LogP contribution is 2.22. The Hall–Kier alpha value is -2.23. The second-order valence-corrected chi connectivity index (χ2v) is 3.57. The molecule has 0 heterocycles. The Bertz CT molecular complexity index is 564. The number of primary amides is 1. The molecule has 0 aliphatic rings. The third-order valence-corrected chi connectivity index (χ3v) is 2.41. The highest BCUT2D eigenvalue weighted by molar-refractivity contribution is 5.94. The van der Waals surface area contributed by atoms with Gasteiger partial charge in [0, 0.05) is 0 Å². The van der Waals surface area contributed by atoms with Gasteiger partial charge in [0.15, 0.2) is 0 Å². The lowest BCUT2D eigenvalue weighted by molar-refractivity contribution is 0.0996. The Labute approximate surface area is 96.7 Å². The van der Waals surface area contributed by atoms with E-state index in [0.717, 1.165) is 0 Å². The van der Waals surface area contributed by atoms with Gasteiger partial charge in [0.2, 0.25) is 0 Å². The van der Waals surface area contributed by atoms with Gasteiger partial charge >= 0.3 is 0 Å². The molecule has 0 radical (unpaired) electrons. The monoisotopic (exact) mass is 233 g/mol. The molecule has 0 spiro atoms. The van der Waals surface area contributed by atoms with Crippen molar-refractivity contribution in [2.45, 2.75) is 0 Å². The van der Waals surface area contributed by atoms with Gasteiger partial charge in [0.25, 0.3) is 5.91 Å². The van der Waals surface area contributed by atoms with Gasteiger partial charge in [-0.3, -0.25) is 4.79 Å². The van der Waals surface area contributed by atoms with Crippen molar-refractivity contribution in [3.63, 3.8) is 0 Å². The molecule has 0 fully saturated rings. The van der Waals surface area contributed by atoms with Crippen molar-refractivity contribution in [3.8, 4) is 11.1 Å². The molecule has 0 aliphatic carbocycles. The Morgan fingerprint density at radius 2 is 1.53 bits per heavy atom. The van der Waals surface area contributed by atoms with Crippen LogP contribution in [0.1, 0.15) is 10.4 Å². The predicted molar refractivity (Wildman–Crippen MR) is 60.3 cm³/mol. The molecule has 2 rings (SSSR count).